The molecule has 10 nitrogen and oxygen atoms in total. The number of rotatable bonds is 9. The number of aromatic nitrogens is 6. The molecule has 0 unspecified atom stereocenters. The van der Waals surface area contributed by atoms with Crippen molar-refractivity contribution in [1.82, 2.24) is 29.5 Å². The van der Waals surface area contributed by atoms with Crippen LogP contribution in [0.1, 0.15) is 33.9 Å². The molecule has 0 saturated carbocycles. The zero-order valence-electron chi connectivity index (χ0n) is 21.7. The molecule has 0 radical (unpaired) electrons. The van der Waals surface area contributed by atoms with Crippen molar-refractivity contribution >= 4 is 24.1 Å². The average Bonchev–Trinajstić information content (AvgIpc) is 3.41. The maximum atomic E-state index is 12.2. The summed E-state index contributed by atoms with van der Waals surface area (Å²) in [4.78, 5) is 33.1. The van der Waals surface area contributed by atoms with E-state index < -0.39 is 11.9 Å². The summed E-state index contributed by atoms with van der Waals surface area (Å²) in [6, 6.07) is 10.9. The standard InChI is InChI=1S/C28H28N6O4/c1-19-13-23(33(3)31-19)5-7-27(35)37-17-21-9-11-29-25(15-21)26-16-22(10-12-30-26)18-38-28(36)8-6-24-14-20(2)32-34(24)4/h5-16H,17-18H2,1-4H3/b7-5+,8-6+. The van der Waals surface area contributed by atoms with Crippen LogP contribution in [0.2, 0.25) is 0 Å². The minimum Gasteiger partial charge on any atom is -0.458 e. The first-order valence-electron chi connectivity index (χ1n) is 11.9. The van der Waals surface area contributed by atoms with Gasteiger partial charge in [0.15, 0.2) is 0 Å². The largest absolute Gasteiger partial charge is 0.458 e. The third kappa shape index (κ3) is 7.10. The van der Waals surface area contributed by atoms with Crippen molar-refractivity contribution in [2.24, 2.45) is 14.1 Å². The van der Waals surface area contributed by atoms with Crippen molar-refractivity contribution in [3.05, 3.63) is 94.8 Å². The topological polar surface area (TPSA) is 114 Å². The number of nitrogens with zero attached hydrogens (tertiary/aromatic N) is 6. The first-order valence-corrected chi connectivity index (χ1v) is 11.9. The van der Waals surface area contributed by atoms with Crippen LogP contribution >= 0.6 is 0 Å². The zero-order chi connectivity index (χ0) is 27.1. The van der Waals surface area contributed by atoms with Crippen molar-refractivity contribution in [1.29, 1.82) is 0 Å². The molecule has 38 heavy (non-hydrogen) atoms. The SMILES string of the molecule is Cc1cc(/C=C/C(=O)OCc2ccnc(-c3cc(COC(=O)/C=C/c4cc(C)nn4C)ccn3)c2)n(C)n1. The molecular weight excluding hydrogens is 484 g/mol. The molecule has 0 fully saturated rings. The van der Waals surface area contributed by atoms with Gasteiger partial charge in [-0.3, -0.25) is 19.3 Å². The summed E-state index contributed by atoms with van der Waals surface area (Å²) in [6.07, 6.45) is 9.34. The molecule has 4 heterocycles. The predicted octanol–water partition coefficient (Wildman–Crippen LogP) is 3.74. The molecule has 0 spiro atoms. The molecule has 0 aromatic carbocycles. The van der Waals surface area contributed by atoms with Crippen molar-refractivity contribution in [2.45, 2.75) is 27.1 Å². The number of aryl methyl sites for hydroxylation is 4. The first-order chi connectivity index (χ1) is 18.3. The van der Waals surface area contributed by atoms with Crippen LogP contribution in [0.5, 0.6) is 0 Å². The lowest BCUT2D eigenvalue weighted by molar-refractivity contribution is -0.139. The van der Waals surface area contributed by atoms with Gasteiger partial charge in [0, 0.05) is 38.6 Å². The Hall–Kier alpha value is -4.86. The molecule has 0 amide bonds. The van der Waals surface area contributed by atoms with Gasteiger partial charge in [-0.1, -0.05) is 0 Å². The second kappa shape index (κ2) is 11.9. The molecule has 0 aliphatic rings. The number of pyridine rings is 2. The van der Waals surface area contributed by atoms with E-state index in [4.69, 9.17) is 9.47 Å². The fourth-order valence-corrected chi connectivity index (χ4v) is 3.69. The minimum atomic E-state index is -0.461. The summed E-state index contributed by atoms with van der Waals surface area (Å²) in [5.41, 5.74) is 6.10. The highest BCUT2D eigenvalue weighted by Crippen LogP contribution is 2.18. The molecule has 0 aliphatic heterocycles. The van der Waals surface area contributed by atoms with Crippen LogP contribution in [0.3, 0.4) is 0 Å². The predicted molar refractivity (Wildman–Crippen MR) is 141 cm³/mol. The molecule has 4 aromatic heterocycles. The van der Waals surface area contributed by atoms with Gasteiger partial charge in [0.25, 0.3) is 0 Å². The van der Waals surface area contributed by atoms with E-state index in [2.05, 4.69) is 20.2 Å². The van der Waals surface area contributed by atoms with Gasteiger partial charge in [-0.05, 0) is 73.5 Å². The van der Waals surface area contributed by atoms with E-state index in [-0.39, 0.29) is 13.2 Å². The highest BCUT2D eigenvalue weighted by molar-refractivity contribution is 5.87. The molecule has 0 bridgehead atoms. The number of esters is 2. The van der Waals surface area contributed by atoms with Crippen LogP contribution in [-0.4, -0.2) is 41.5 Å². The van der Waals surface area contributed by atoms with E-state index >= 15 is 0 Å². The van der Waals surface area contributed by atoms with Crippen LogP contribution in [0.4, 0.5) is 0 Å². The molecule has 194 valence electrons. The number of ether oxygens (including phenoxy) is 2. The minimum absolute atomic E-state index is 0.0862. The third-order valence-electron chi connectivity index (χ3n) is 5.53. The number of hydrogen-bond acceptors (Lipinski definition) is 8. The molecule has 10 heteroatoms. The normalized spacial score (nSPS) is 11.4. The Labute approximate surface area is 220 Å². The summed E-state index contributed by atoms with van der Waals surface area (Å²) in [6.45, 7) is 3.94. The van der Waals surface area contributed by atoms with Crippen molar-refractivity contribution in [3.8, 4) is 11.4 Å². The summed E-state index contributed by atoms with van der Waals surface area (Å²) in [5.74, 6) is -0.923. The van der Waals surface area contributed by atoms with Gasteiger partial charge in [0.2, 0.25) is 0 Å². The number of hydrogen-bond donors (Lipinski definition) is 0. The summed E-state index contributed by atoms with van der Waals surface area (Å²) >= 11 is 0. The van der Waals surface area contributed by atoms with Gasteiger partial charge in [0.05, 0.1) is 34.2 Å². The van der Waals surface area contributed by atoms with Crippen molar-refractivity contribution in [3.63, 3.8) is 0 Å². The van der Waals surface area contributed by atoms with Gasteiger partial charge in [-0.15, -0.1) is 0 Å². The highest BCUT2D eigenvalue weighted by atomic mass is 16.5. The molecule has 0 atom stereocenters. The lowest BCUT2D eigenvalue weighted by Gasteiger charge is -2.07. The fourth-order valence-electron chi connectivity index (χ4n) is 3.69. The van der Waals surface area contributed by atoms with E-state index in [0.717, 1.165) is 33.9 Å². The Kier molecular flexibility index (Phi) is 8.22. The lowest BCUT2D eigenvalue weighted by atomic mass is 10.1. The molecule has 0 N–H and O–H groups in total. The smallest absolute Gasteiger partial charge is 0.331 e. The van der Waals surface area contributed by atoms with E-state index in [1.165, 1.54) is 12.2 Å². The zero-order valence-corrected chi connectivity index (χ0v) is 21.7. The quantitative estimate of drug-likeness (QED) is 0.246. The monoisotopic (exact) mass is 512 g/mol. The van der Waals surface area contributed by atoms with Gasteiger partial charge in [-0.25, -0.2) is 9.59 Å². The van der Waals surface area contributed by atoms with Gasteiger partial charge < -0.3 is 9.47 Å². The summed E-state index contributed by atoms with van der Waals surface area (Å²) in [5, 5.41) is 8.48. The highest BCUT2D eigenvalue weighted by Gasteiger charge is 2.08. The lowest BCUT2D eigenvalue weighted by Crippen LogP contribution is -2.03. The molecule has 0 aliphatic carbocycles. The van der Waals surface area contributed by atoms with Gasteiger partial charge >= 0.3 is 11.9 Å². The van der Waals surface area contributed by atoms with Crippen LogP contribution in [0, 0.1) is 13.8 Å². The Balaban J connectivity index is 1.33. The third-order valence-corrected chi connectivity index (χ3v) is 5.53. The molecule has 0 saturated heterocycles. The Bertz CT molecular complexity index is 1400. The van der Waals surface area contributed by atoms with Crippen LogP contribution in [0.25, 0.3) is 23.5 Å². The summed E-state index contributed by atoms with van der Waals surface area (Å²) < 4.78 is 14.1. The average molecular weight is 513 g/mol. The maximum absolute atomic E-state index is 12.2. The number of carbonyl (C=O) groups excluding carboxylic acids is 2. The van der Waals surface area contributed by atoms with Gasteiger partial charge in [-0.2, -0.15) is 10.2 Å². The Morgan fingerprint density at radius 1 is 0.737 bits per heavy atom. The Morgan fingerprint density at radius 3 is 1.53 bits per heavy atom. The summed E-state index contributed by atoms with van der Waals surface area (Å²) in [7, 11) is 3.62. The van der Waals surface area contributed by atoms with Crippen LogP contribution in [0.15, 0.2) is 60.9 Å². The van der Waals surface area contributed by atoms with Gasteiger partial charge in [0.1, 0.15) is 13.2 Å². The van der Waals surface area contributed by atoms with Crippen LogP contribution in [-0.2, 0) is 46.4 Å². The molecule has 4 rings (SSSR count). The van der Waals surface area contributed by atoms with E-state index in [0.29, 0.717) is 11.4 Å². The van der Waals surface area contributed by atoms with Crippen molar-refractivity contribution < 1.29 is 19.1 Å². The fraction of sp³-hybridized carbons (Fsp3) is 0.214. The second-order valence-electron chi connectivity index (χ2n) is 8.65. The molecular formula is C28H28N6O4. The second-order valence-corrected chi connectivity index (χ2v) is 8.65. The van der Waals surface area contributed by atoms with E-state index in [1.807, 2.05) is 40.1 Å². The Morgan fingerprint density at radius 2 is 1.16 bits per heavy atom. The first kappa shape index (κ1) is 26.2. The van der Waals surface area contributed by atoms with E-state index in [1.54, 1.807) is 58.2 Å². The van der Waals surface area contributed by atoms with Crippen LogP contribution < -0.4 is 0 Å². The maximum Gasteiger partial charge on any atom is 0.331 e. The van der Waals surface area contributed by atoms with Crippen molar-refractivity contribution in [2.75, 3.05) is 0 Å². The number of carbonyl (C=O) groups is 2. The van der Waals surface area contributed by atoms with E-state index in [9.17, 15) is 9.59 Å². The molecule has 4 aromatic rings.